The molecule has 3 heterocycles. The molecule has 9 heteroatoms. The monoisotopic (exact) mass is 582 g/mol. The van der Waals surface area contributed by atoms with Crippen LogP contribution in [0.25, 0.3) is 17.4 Å². The summed E-state index contributed by atoms with van der Waals surface area (Å²) in [5.74, 6) is 0.542. The van der Waals surface area contributed by atoms with Crippen molar-refractivity contribution in [3.05, 3.63) is 112 Å². The molecule has 6 nitrogen and oxygen atoms in total. The van der Waals surface area contributed by atoms with E-state index in [1.54, 1.807) is 38.1 Å². The maximum Gasteiger partial charge on any atom is 0.338 e. The van der Waals surface area contributed by atoms with E-state index >= 15 is 0 Å². The summed E-state index contributed by atoms with van der Waals surface area (Å²) in [6.07, 6.45) is 1.79. The zero-order valence-electron chi connectivity index (χ0n) is 19.3. The Balaban J connectivity index is 1.68. The van der Waals surface area contributed by atoms with Gasteiger partial charge in [0.15, 0.2) is 4.80 Å². The first-order valence-corrected chi connectivity index (χ1v) is 13.2. The number of fused-ring (bicyclic) bond motifs is 1. The summed E-state index contributed by atoms with van der Waals surface area (Å²) in [7, 11) is 0. The molecule has 0 amide bonds. The van der Waals surface area contributed by atoms with Gasteiger partial charge < -0.3 is 9.15 Å². The summed E-state index contributed by atoms with van der Waals surface area (Å²) in [4.78, 5) is 31.8. The Morgan fingerprint density at radius 3 is 2.58 bits per heavy atom. The highest BCUT2D eigenvalue weighted by Crippen LogP contribution is 2.34. The van der Waals surface area contributed by atoms with Crippen LogP contribution in [0.3, 0.4) is 0 Å². The molecule has 2 aromatic carbocycles. The van der Waals surface area contributed by atoms with E-state index in [-0.39, 0.29) is 17.7 Å². The van der Waals surface area contributed by atoms with Crippen LogP contribution >= 0.6 is 38.9 Å². The van der Waals surface area contributed by atoms with Crippen LogP contribution in [0.5, 0.6) is 0 Å². The third-order valence-corrected chi connectivity index (χ3v) is 7.47. The average Bonchev–Trinajstić information content (AvgIpc) is 3.45. The smallest absolute Gasteiger partial charge is 0.338 e. The normalized spacial score (nSPS) is 15.6. The number of hydrogen-bond acceptors (Lipinski definition) is 6. The molecular formula is C27H20BrClN2O4S. The molecule has 0 bridgehead atoms. The topological polar surface area (TPSA) is 73.8 Å². The molecule has 0 saturated carbocycles. The molecule has 0 spiro atoms. The van der Waals surface area contributed by atoms with Crippen molar-refractivity contribution in [1.82, 2.24) is 4.57 Å². The Kier molecular flexibility index (Phi) is 6.83. The minimum Gasteiger partial charge on any atom is -0.463 e. The lowest BCUT2D eigenvalue weighted by Crippen LogP contribution is -2.39. The third kappa shape index (κ3) is 4.64. The lowest BCUT2D eigenvalue weighted by Gasteiger charge is -2.22. The standard InChI is InChI=1S/C27H20BrClN2O4S/c1-3-34-26(33)23-15(2)30-27-31(25(32)22(36-27)14-16-4-10-19(29)11-5-16)24(23)21-13-12-20(35-21)17-6-8-18(28)9-7-17/h4-14,24H,3H2,1-2H3/b22-14-/t24-/m0/s1. The number of benzene rings is 2. The van der Waals surface area contributed by atoms with Gasteiger partial charge in [-0.1, -0.05) is 63.1 Å². The Bertz CT molecular complexity index is 1660. The van der Waals surface area contributed by atoms with E-state index in [4.69, 9.17) is 20.8 Å². The van der Waals surface area contributed by atoms with E-state index in [0.717, 1.165) is 15.6 Å². The van der Waals surface area contributed by atoms with E-state index in [2.05, 4.69) is 20.9 Å². The second-order valence-electron chi connectivity index (χ2n) is 8.06. The lowest BCUT2D eigenvalue weighted by molar-refractivity contribution is -0.139. The number of nitrogens with zero attached hydrogens (tertiary/aromatic N) is 2. The number of carbonyl (C=O) groups excluding carboxylic acids is 1. The molecule has 0 radical (unpaired) electrons. The maximum atomic E-state index is 13.7. The predicted octanol–water partition coefficient (Wildman–Crippen LogP) is 5.47. The van der Waals surface area contributed by atoms with Crippen molar-refractivity contribution in [3.8, 4) is 11.3 Å². The zero-order valence-corrected chi connectivity index (χ0v) is 22.5. The number of rotatable bonds is 5. The zero-order chi connectivity index (χ0) is 25.4. The highest BCUT2D eigenvalue weighted by Gasteiger charge is 2.35. The van der Waals surface area contributed by atoms with Crippen molar-refractivity contribution in [1.29, 1.82) is 0 Å². The number of halogens is 2. The fourth-order valence-electron chi connectivity index (χ4n) is 4.04. The highest BCUT2D eigenvalue weighted by molar-refractivity contribution is 9.10. The number of carbonyl (C=O) groups is 1. The summed E-state index contributed by atoms with van der Waals surface area (Å²) in [6, 6.07) is 17.7. The number of ether oxygens (including phenoxy) is 1. The Morgan fingerprint density at radius 2 is 1.89 bits per heavy atom. The minimum absolute atomic E-state index is 0.200. The average molecular weight is 584 g/mol. The SMILES string of the molecule is CCOC(=O)C1=C(C)N=c2s/c(=C\c3ccc(Cl)cc3)c(=O)n2[C@H]1c1ccc(-c2ccc(Br)cc2)o1. The summed E-state index contributed by atoms with van der Waals surface area (Å²) in [5.41, 5.74) is 2.20. The number of allylic oxidation sites excluding steroid dienone is 1. The van der Waals surface area contributed by atoms with Gasteiger partial charge in [-0.3, -0.25) is 9.36 Å². The van der Waals surface area contributed by atoms with Crippen LogP contribution in [0, 0.1) is 0 Å². The summed E-state index contributed by atoms with van der Waals surface area (Å²) in [5, 5.41) is 0.614. The van der Waals surface area contributed by atoms with Crippen molar-refractivity contribution >= 4 is 50.9 Å². The van der Waals surface area contributed by atoms with Gasteiger partial charge in [-0.05, 0) is 61.9 Å². The number of thiazole rings is 1. The molecule has 4 aromatic rings. The molecule has 5 rings (SSSR count). The fourth-order valence-corrected chi connectivity index (χ4v) is 5.48. The molecular weight excluding hydrogens is 564 g/mol. The van der Waals surface area contributed by atoms with Gasteiger partial charge in [0.05, 0.1) is 22.4 Å². The molecule has 36 heavy (non-hydrogen) atoms. The number of esters is 1. The molecule has 0 aliphatic carbocycles. The molecule has 182 valence electrons. The minimum atomic E-state index is -0.808. The number of aromatic nitrogens is 1. The van der Waals surface area contributed by atoms with E-state index in [9.17, 15) is 9.59 Å². The van der Waals surface area contributed by atoms with Crippen LogP contribution in [0.2, 0.25) is 5.02 Å². The van der Waals surface area contributed by atoms with E-state index in [0.29, 0.717) is 31.6 Å². The predicted molar refractivity (Wildman–Crippen MR) is 144 cm³/mol. The molecule has 0 fully saturated rings. The maximum absolute atomic E-state index is 13.7. The molecule has 0 N–H and O–H groups in total. The van der Waals surface area contributed by atoms with E-state index in [1.807, 2.05) is 42.5 Å². The van der Waals surface area contributed by atoms with Gasteiger partial charge in [-0.15, -0.1) is 0 Å². The van der Waals surface area contributed by atoms with Crippen LogP contribution in [-0.2, 0) is 9.53 Å². The fraction of sp³-hybridized carbons (Fsp3) is 0.148. The molecule has 1 atom stereocenters. The third-order valence-electron chi connectivity index (χ3n) is 5.71. The van der Waals surface area contributed by atoms with Crippen molar-refractivity contribution in [2.75, 3.05) is 6.61 Å². The number of furan rings is 1. The second-order valence-corrected chi connectivity index (χ2v) is 10.4. The first-order valence-electron chi connectivity index (χ1n) is 11.2. The van der Waals surface area contributed by atoms with Crippen LogP contribution in [0.15, 0.2) is 90.6 Å². The summed E-state index contributed by atoms with van der Waals surface area (Å²) >= 11 is 10.7. The van der Waals surface area contributed by atoms with Crippen LogP contribution in [-0.4, -0.2) is 17.1 Å². The Hall–Kier alpha value is -3.20. The molecule has 0 saturated heterocycles. The first-order chi connectivity index (χ1) is 17.4. The van der Waals surface area contributed by atoms with Gasteiger partial charge in [-0.25, -0.2) is 9.79 Å². The van der Waals surface area contributed by atoms with Crippen LogP contribution in [0.1, 0.15) is 31.2 Å². The first kappa shape index (κ1) is 24.5. The summed E-state index contributed by atoms with van der Waals surface area (Å²) < 4.78 is 14.5. The molecule has 2 aromatic heterocycles. The van der Waals surface area contributed by atoms with Crippen molar-refractivity contribution in [2.45, 2.75) is 19.9 Å². The molecule has 1 aliphatic rings. The lowest BCUT2D eigenvalue weighted by atomic mass is 10.0. The van der Waals surface area contributed by atoms with E-state index in [1.165, 1.54) is 15.9 Å². The van der Waals surface area contributed by atoms with Gasteiger partial charge >= 0.3 is 5.97 Å². The van der Waals surface area contributed by atoms with Gasteiger partial charge in [0.2, 0.25) is 0 Å². The van der Waals surface area contributed by atoms with E-state index < -0.39 is 12.0 Å². The molecule has 0 unspecified atom stereocenters. The van der Waals surface area contributed by atoms with Gasteiger partial charge in [-0.2, -0.15) is 0 Å². The Labute approximate surface area is 224 Å². The van der Waals surface area contributed by atoms with Gasteiger partial charge in [0.1, 0.15) is 17.6 Å². The Morgan fingerprint density at radius 1 is 1.17 bits per heavy atom. The van der Waals surface area contributed by atoms with Gasteiger partial charge in [0.25, 0.3) is 5.56 Å². The van der Waals surface area contributed by atoms with Crippen LogP contribution in [0.4, 0.5) is 0 Å². The quantitative estimate of drug-likeness (QED) is 0.292. The number of hydrogen-bond donors (Lipinski definition) is 0. The van der Waals surface area contributed by atoms with Gasteiger partial charge in [0, 0.05) is 15.1 Å². The second kappa shape index (κ2) is 10.0. The van der Waals surface area contributed by atoms with Crippen LogP contribution < -0.4 is 14.9 Å². The van der Waals surface area contributed by atoms with Crippen molar-refractivity contribution < 1.29 is 13.9 Å². The molecule has 1 aliphatic heterocycles. The van der Waals surface area contributed by atoms with Crippen molar-refractivity contribution in [2.24, 2.45) is 4.99 Å². The largest absolute Gasteiger partial charge is 0.463 e. The highest BCUT2D eigenvalue weighted by atomic mass is 79.9. The summed E-state index contributed by atoms with van der Waals surface area (Å²) in [6.45, 7) is 3.68. The van der Waals surface area contributed by atoms with Crippen molar-refractivity contribution in [3.63, 3.8) is 0 Å².